The first-order chi connectivity index (χ1) is 5.54. The summed E-state index contributed by atoms with van der Waals surface area (Å²) < 4.78 is 4.67. The molecule has 68 valence electrons. The molecule has 0 spiro atoms. The molecule has 1 atom stereocenters. The second-order valence-electron chi connectivity index (χ2n) is 2.11. The van der Waals surface area contributed by atoms with E-state index in [1.807, 2.05) is 0 Å². The summed E-state index contributed by atoms with van der Waals surface area (Å²) in [5.74, 6) is -1.45. The number of aliphatic hydroxyl groups excluding tert-OH is 2. The second-order valence-corrected chi connectivity index (χ2v) is 2.11. The monoisotopic (exact) mass is 172 g/mol. The molecule has 0 heterocycles. The summed E-state index contributed by atoms with van der Waals surface area (Å²) >= 11 is 0. The summed E-state index contributed by atoms with van der Waals surface area (Å²) in [6.45, 7) is 4.60. The van der Waals surface area contributed by atoms with Gasteiger partial charge in [0.1, 0.15) is 5.76 Å². The first kappa shape index (κ1) is 10.7. The predicted octanol–water partition coefficient (Wildman–Crippen LogP) is 0.538. The van der Waals surface area contributed by atoms with E-state index in [0.29, 0.717) is 0 Å². The molecule has 0 bridgehead atoms. The van der Waals surface area contributed by atoms with Gasteiger partial charge in [-0.2, -0.15) is 0 Å². The van der Waals surface area contributed by atoms with Crippen LogP contribution in [0.2, 0.25) is 0 Å². The molecule has 0 aliphatic rings. The van der Waals surface area contributed by atoms with Gasteiger partial charge in [-0.25, -0.2) is 0 Å². The molecule has 0 saturated heterocycles. The molecule has 12 heavy (non-hydrogen) atoms. The van der Waals surface area contributed by atoms with Gasteiger partial charge in [0.05, 0.1) is 7.11 Å². The summed E-state index contributed by atoms with van der Waals surface area (Å²) in [6.07, 6.45) is -0.0246. The normalized spacial score (nSPS) is 13.8. The Hall–Kier alpha value is -1.29. The minimum Gasteiger partial charge on any atom is -0.505 e. The van der Waals surface area contributed by atoms with E-state index in [1.165, 1.54) is 13.2 Å². The highest BCUT2D eigenvalue weighted by atomic mass is 16.5. The van der Waals surface area contributed by atoms with E-state index in [1.54, 1.807) is 6.92 Å². The van der Waals surface area contributed by atoms with Crippen LogP contribution in [0.25, 0.3) is 0 Å². The van der Waals surface area contributed by atoms with Gasteiger partial charge >= 0.3 is 0 Å². The van der Waals surface area contributed by atoms with Gasteiger partial charge in [-0.1, -0.05) is 6.58 Å². The molecule has 0 saturated carbocycles. The van der Waals surface area contributed by atoms with Crippen molar-refractivity contribution in [2.75, 3.05) is 7.11 Å². The van der Waals surface area contributed by atoms with Crippen LogP contribution in [-0.2, 0) is 9.53 Å². The minimum absolute atomic E-state index is 0.0928. The van der Waals surface area contributed by atoms with E-state index in [-0.39, 0.29) is 5.76 Å². The molecule has 0 aromatic rings. The maximum absolute atomic E-state index is 10.9. The third-order valence-corrected chi connectivity index (χ3v) is 1.32. The second kappa shape index (κ2) is 4.56. The Kier molecular flexibility index (Phi) is 4.07. The topological polar surface area (TPSA) is 66.8 Å². The van der Waals surface area contributed by atoms with Crippen LogP contribution in [0.1, 0.15) is 6.92 Å². The van der Waals surface area contributed by atoms with Crippen LogP contribution in [0.4, 0.5) is 0 Å². The third kappa shape index (κ3) is 2.39. The molecule has 4 nitrogen and oxygen atoms in total. The lowest BCUT2D eigenvalue weighted by Gasteiger charge is -2.10. The van der Waals surface area contributed by atoms with Crippen molar-refractivity contribution in [3.05, 3.63) is 24.2 Å². The van der Waals surface area contributed by atoms with Gasteiger partial charge in [0, 0.05) is 0 Å². The number of rotatable bonds is 4. The minimum atomic E-state index is -1.46. The highest BCUT2D eigenvalue weighted by Crippen LogP contribution is 2.06. The van der Waals surface area contributed by atoms with Crippen molar-refractivity contribution in [2.24, 2.45) is 0 Å². The molecule has 0 aromatic heterocycles. The van der Waals surface area contributed by atoms with Crippen LogP contribution >= 0.6 is 0 Å². The summed E-state index contributed by atoms with van der Waals surface area (Å²) in [5, 5.41) is 17.8. The lowest BCUT2D eigenvalue weighted by atomic mass is 10.1. The predicted molar refractivity (Wildman–Crippen MR) is 43.5 cm³/mol. The number of ether oxygens (including phenoxy) is 1. The van der Waals surface area contributed by atoms with Crippen molar-refractivity contribution in [1.29, 1.82) is 0 Å². The van der Waals surface area contributed by atoms with Gasteiger partial charge in [0.25, 0.3) is 0 Å². The molecule has 0 aliphatic carbocycles. The van der Waals surface area contributed by atoms with Gasteiger partial charge in [0.2, 0.25) is 5.78 Å². The number of aliphatic hydroxyl groups is 2. The first-order valence-corrected chi connectivity index (χ1v) is 3.35. The van der Waals surface area contributed by atoms with Crippen LogP contribution in [0.3, 0.4) is 0 Å². The number of hydrogen-bond donors (Lipinski definition) is 2. The zero-order valence-corrected chi connectivity index (χ0v) is 7.07. The van der Waals surface area contributed by atoms with Gasteiger partial charge in [-0.05, 0) is 13.0 Å². The molecule has 0 amide bonds. The van der Waals surface area contributed by atoms with Crippen molar-refractivity contribution in [3.63, 3.8) is 0 Å². The number of Topliss-reactive ketones (excluding diaryl/α,β-unsaturated/α-hetero) is 1. The summed E-state index contributed by atoms with van der Waals surface area (Å²) in [5.41, 5.74) is 0. The Balaban J connectivity index is 4.48. The fourth-order valence-electron chi connectivity index (χ4n) is 0.674. The Morgan fingerprint density at radius 3 is 2.42 bits per heavy atom. The molecular formula is C8H12O4. The number of methoxy groups -OCH3 is 1. The van der Waals surface area contributed by atoms with E-state index in [2.05, 4.69) is 11.3 Å². The van der Waals surface area contributed by atoms with Crippen LogP contribution in [0.15, 0.2) is 24.2 Å². The Labute approximate surface area is 70.8 Å². The van der Waals surface area contributed by atoms with Crippen molar-refractivity contribution >= 4 is 5.78 Å². The zero-order valence-electron chi connectivity index (χ0n) is 7.07. The number of carbonyl (C=O) groups excluding carboxylic acids is 1. The Bertz CT molecular complexity index is 215. The quantitative estimate of drug-likeness (QED) is 0.479. The van der Waals surface area contributed by atoms with Crippen LogP contribution < -0.4 is 0 Å². The van der Waals surface area contributed by atoms with E-state index in [0.717, 1.165) is 0 Å². The average Bonchev–Trinajstić information content (AvgIpc) is 2.05. The van der Waals surface area contributed by atoms with E-state index in [9.17, 15) is 9.90 Å². The lowest BCUT2D eigenvalue weighted by Crippen LogP contribution is -2.24. The number of ketones is 1. The third-order valence-electron chi connectivity index (χ3n) is 1.32. The molecular weight excluding hydrogens is 160 g/mol. The molecule has 1 unspecified atom stereocenters. The molecule has 0 aliphatic heterocycles. The standard InChI is InChI=1S/C8H12O4/c1-4-6(12-3)8(11)7(10)5(2)9/h4,8-9,11H,2H2,1,3H3/b6-4+. The molecule has 2 N–H and O–H groups in total. The molecule has 0 aromatic carbocycles. The maximum atomic E-state index is 10.9. The average molecular weight is 172 g/mol. The zero-order chi connectivity index (χ0) is 9.72. The summed E-state index contributed by atoms with van der Waals surface area (Å²) in [6, 6.07) is 0. The maximum Gasteiger partial charge on any atom is 0.232 e. The summed E-state index contributed by atoms with van der Waals surface area (Å²) in [4.78, 5) is 10.9. The van der Waals surface area contributed by atoms with Crippen LogP contribution in [-0.4, -0.2) is 29.2 Å². The van der Waals surface area contributed by atoms with E-state index in [4.69, 9.17) is 5.11 Å². The van der Waals surface area contributed by atoms with Crippen LogP contribution in [0.5, 0.6) is 0 Å². The van der Waals surface area contributed by atoms with E-state index >= 15 is 0 Å². The summed E-state index contributed by atoms with van der Waals surface area (Å²) in [7, 11) is 1.33. The van der Waals surface area contributed by atoms with Crippen molar-refractivity contribution < 1.29 is 19.7 Å². The highest BCUT2D eigenvalue weighted by molar-refractivity contribution is 5.97. The van der Waals surface area contributed by atoms with Gasteiger partial charge in [-0.3, -0.25) is 4.79 Å². The lowest BCUT2D eigenvalue weighted by molar-refractivity contribution is -0.125. The number of allylic oxidation sites excluding steroid dienone is 1. The highest BCUT2D eigenvalue weighted by Gasteiger charge is 2.22. The first-order valence-electron chi connectivity index (χ1n) is 3.35. The van der Waals surface area contributed by atoms with Gasteiger partial charge in [0.15, 0.2) is 11.9 Å². The number of hydrogen-bond acceptors (Lipinski definition) is 4. The fraction of sp³-hybridized carbons (Fsp3) is 0.375. The van der Waals surface area contributed by atoms with Crippen molar-refractivity contribution in [2.45, 2.75) is 13.0 Å². The smallest absolute Gasteiger partial charge is 0.232 e. The van der Waals surface area contributed by atoms with Gasteiger partial charge in [-0.15, -0.1) is 0 Å². The Morgan fingerprint density at radius 2 is 2.17 bits per heavy atom. The van der Waals surface area contributed by atoms with Crippen molar-refractivity contribution in [1.82, 2.24) is 0 Å². The SMILES string of the molecule is C=C(O)C(=O)C(O)/C(=C\C)OC. The Morgan fingerprint density at radius 1 is 1.67 bits per heavy atom. The van der Waals surface area contributed by atoms with Crippen LogP contribution in [0, 0.1) is 0 Å². The molecule has 0 fully saturated rings. The van der Waals surface area contributed by atoms with Crippen molar-refractivity contribution in [3.8, 4) is 0 Å². The number of carbonyl (C=O) groups is 1. The molecule has 0 radical (unpaired) electrons. The van der Waals surface area contributed by atoms with Gasteiger partial charge < -0.3 is 14.9 Å². The molecule has 0 rings (SSSR count). The van der Waals surface area contributed by atoms with E-state index < -0.39 is 17.6 Å². The fourth-order valence-corrected chi connectivity index (χ4v) is 0.674. The molecule has 4 heteroatoms. The largest absolute Gasteiger partial charge is 0.505 e.